The molecule has 7 nitrogen and oxygen atoms in total. The fourth-order valence-corrected chi connectivity index (χ4v) is 3.25. The van der Waals surface area contributed by atoms with Gasteiger partial charge in [0.1, 0.15) is 11.9 Å². The molecule has 1 unspecified atom stereocenters. The van der Waals surface area contributed by atoms with E-state index >= 15 is 0 Å². The molecule has 0 aliphatic rings. The number of aromatic nitrogens is 1. The first-order valence-electron chi connectivity index (χ1n) is 7.87. The van der Waals surface area contributed by atoms with Crippen molar-refractivity contribution >= 4 is 29.0 Å². The monoisotopic (exact) mass is 371 g/mol. The summed E-state index contributed by atoms with van der Waals surface area (Å²) in [5, 5.41) is 18.9. The van der Waals surface area contributed by atoms with Gasteiger partial charge in [-0.3, -0.25) is 14.9 Å². The van der Waals surface area contributed by atoms with Crippen LogP contribution in [0.3, 0.4) is 0 Å². The van der Waals surface area contributed by atoms with Crippen LogP contribution in [0.1, 0.15) is 27.2 Å². The number of benzene rings is 1. The number of aliphatic hydroxyl groups is 1. The average Bonchev–Trinajstić information content (AvgIpc) is 3.28. The van der Waals surface area contributed by atoms with Crippen molar-refractivity contribution in [1.82, 2.24) is 10.5 Å². The number of nitrogens with one attached hydrogen (secondary N) is 2. The Bertz CT molecular complexity index is 904. The van der Waals surface area contributed by atoms with E-state index in [0.717, 1.165) is 15.3 Å². The largest absolute Gasteiger partial charge is 0.383 e. The molecule has 2 amide bonds. The molecule has 1 atom stereocenters. The molecule has 2 heterocycles. The number of hydrogen-bond acceptors (Lipinski definition) is 6. The number of aryl methyl sites for hydroxylation is 1. The van der Waals surface area contributed by atoms with Crippen LogP contribution in [-0.4, -0.2) is 22.1 Å². The summed E-state index contributed by atoms with van der Waals surface area (Å²) >= 11 is 1.37. The van der Waals surface area contributed by atoms with Crippen LogP contribution in [0.15, 0.2) is 53.1 Å². The number of nitrogens with zero attached hydrogens (tertiary/aromatic N) is 1. The van der Waals surface area contributed by atoms with Gasteiger partial charge in [-0.05, 0) is 24.6 Å². The third-order valence-corrected chi connectivity index (χ3v) is 4.70. The van der Waals surface area contributed by atoms with Crippen LogP contribution in [0.2, 0.25) is 0 Å². The highest BCUT2D eigenvalue weighted by molar-refractivity contribution is 7.12. The van der Waals surface area contributed by atoms with Crippen molar-refractivity contribution in [3.63, 3.8) is 0 Å². The van der Waals surface area contributed by atoms with Crippen LogP contribution in [0, 0.1) is 6.92 Å². The van der Waals surface area contributed by atoms with Crippen molar-refractivity contribution in [1.29, 1.82) is 0 Å². The van der Waals surface area contributed by atoms with Gasteiger partial charge in [0, 0.05) is 15.8 Å². The smallest absolute Gasteiger partial charge is 0.314 e. The normalized spacial score (nSPS) is 11.8. The second kappa shape index (κ2) is 7.94. The van der Waals surface area contributed by atoms with Gasteiger partial charge in [-0.1, -0.05) is 35.5 Å². The third-order valence-electron chi connectivity index (χ3n) is 3.57. The number of anilines is 1. The number of carbonyl (C=O) groups excluding carboxylic acids is 2. The summed E-state index contributed by atoms with van der Waals surface area (Å²) in [6.45, 7) is 1.87. The molecule has 134 valence electrons. The molecule has 0 aliphatic carbocycles. The SMILES string of the molecule is Cc1cc(NC(=O)C(=O)NCc2ccc(C(O)c3ccccc3)s2)no1. The predicted octanol–water partition coefficient (Wildman–Crippen LogP) is 2.38. The Morgan fingerprint density at radius 2 is 1.96 bits per heavy atom. The van der Waals surface area contributed by atoms with Crippen molar-refractivity contribution < 1.29 is 19.2 Å². The maximum Gasteiger partial charge on any atom is 0.314 e. The van der Waals surface area contributed by atoms with E-state index in [2.05, 4.69) is 15.8 Å². The molecule has 26 heavy (non-hydrogen) atoms. The van der Waals surface area contributed by atoms with Gasteiger partial charge in [-0.25, -0.2) is 0 Å². The molecule has 0 spiro atoms. The molecule has 3 rings (SSSR count). The van der Waals surface area contributed by atoms with Crippen molar-refractivity contribution in [3.05, 3.63) is 69.6 Å². The quantitative estimate of drug-likeness (QED) is 0.597. The Labute approximate surface area is 153 Å². The Morgan fingerprint density at radius 3 is 2.65 bits per heavy atom. The highest BCUT2D eigenvalue weighted by Crippen LogP contribution is 2.28. The zero-order valence-electron chi connectivity index (χ0n) is 13.9. The Morgan fingerprint density at radius 1 is 1.19 bits per heavy atom. The maximum atomic E-state index is 11.9. The van der Waals surface area contributed by atoms with Crippen molar-refractivity contribution in [2.75, 3.05) is 5.32 Å². The van der Waals surface area contributed by atoms with Gasteiger partial charge in [0.2, 0.25) is 0 Å². The third kappa shape index (κ3) is 4.35. The van der Waals surface area contributed by atoms with Gasteiger partial charge in [-0.2, -0.15) is 0 Å². The van der Waals surface area contributed by atoms with Crippen molar-refractivity contribution in [3.8, 4) is 0 Å². The van der Waals surface area contributed by atoms with Gasteiger partial charge in [0.15, 0.2) is 5.82 Å². The summed E-state index contributed by atoms with van der Waals surface area (Å²) in [4.78, 5) is 25.3. The van der Waals surface area contributed by atoms with E-state index in [4.69, 9.17) is 4.52 Å². The molecule has 1 aromatic carbocycles. The molecule has 0 bridgehead atoms. The van der Waals surface area contributed by atoms with Crippen LogP contribution in [-0.2, 0) is 16.1 Å². The number of thiophene rings is 1. The maximum absolute atomic E-state index is 11.9. The molecule has 0 saturated heterocycles. The van der Waals surface area contributed by atoms with Crippen LogP contribution in [0.25, 0.3) is 0 Å². The highest BCUT2D eigenvalue weighted by Gasteiger charge is 2.17. The second-order valence-corrected chi connectivity index (χ2v) is 6.78. The summed E-state index contributed by atoms with van der Waals surface area (Å²) in [5.74, 6) is -0.876. The Balaban J connectivity index is 1.54. The van der Waals surface area contributed by atoms with Crippen LogP contribution < -0.4 is 10.6 Å². The minimum absolute atomic E-state index is 0.187. The fourth-order valence-electron chi connectivity index (χ4n) is 2.28. The summed E-state index contributed by atoms with van der Waals surface area (Å²) in [6.07, 6.45) is -0.718. The van der Waals surface area contributed by atoms with Gasteiger partial charge in [-0.15, -0.1) is 11.3 Å². The van der Waals surface area contributed by atoms with E-state index in [1.54, 1.807) is 6.92 Å². The number of rotatable bonds is 5. The van der Waals surface area contributed by atoms with E-state index in [9.17, 15) is 14.7 Å². The first-order valence-corrected chi connectivity index (χ1v) is 8.68. The van der Waals surface area contributed by atoms with Crippen molar-refractivity contribution in [2.45, 2.75) is 19.6 Å². The lowest BCUT2D eigenvalue weighted by molar-refractivity contribution is -0.136. The molecule has 3 aromatic rings. The van der Waals surface area contributed by atoms with E-state index < -0.39 is 17.9 Å². The molecule has 0 radical (unpaired) electrons. The molecule has 0 aliphatic heterocycles. The number of carbonyl (C=O) groups is 2. The predicted molar refractivity (Wildman–Crippen MR) is 96.5 cm³/mol. The lowest BCUT2D eigenvalue weighted by Crippen LogP contribution is -2.34. The summed E-state index contributed by atoms with van der Waals surface area (Å²) in [5.41, 5.74) is 0.798. The average molecular weight is 371 g/mol. The lowest BCUT2D eigenvalue weighted by atomic mass is 10.1. The Kier molecular flexibility index (Phi) is 5.45. The fraction of sp³-hybridized carbons (Fsp3) is 0.167. The van der Waals surface area contributed by atoms with E-state index in [-0.39, 0.29) is 12.4 Å². The standard InChI is InChI=1S/C18H17N3O4S/c1-11-9-15(21-25-11)20-18(24)17(23)19-10-13-7-8-14(26-13)16(22)12-5-3-2-4-6-12/h2-9,16,22H,10H2,1H3,(H,19,23)(H,20,21,24). The van der Waals surface area contributed by atoms with E-state index in [1.165, 1.54) is 17.4 Å². The molecule has 2 aromatic heterocycles. The minimum Gasteiger partial charge on any atom is -0.383 e. The van der Waals surface area contributed by atoms with E-state index in [1.807, 2.05) is 42.5 Å². The van der Waals surface area contributed by atoms with Gasteiger partial charge in [0.05, 0.1) is 6.54 Å². The van der Waals surface area contributed by atoms with Gasteiger partial charge < -0.3 is 14.9 Å². The second-order valence-electron chi connectivity index (χ2n) is 5.58. The minimum atomic E-state index is -0.820. The Hall–Kier alpha value is -2.97. The molecule has 0 saturated carbocycles. The first kappa shape index (κ1) is 17.8. The zero-order valence-corrected chi connectivity index (χ0v) is 14.7. The molecule has 0 fully saturated rings. The highest BCUT2D eigenvalue weighted by atomic mass is 32.1. The summed E-state index contributed by atoms with van der Waals surface area (Å²) < 4.78 is 4.82. The topological polar surface area (TPSA) is 104 Å². The first-order chi connectivity index (χ1) is 12.5. The number of amides is 2. The van der Waals surface area contributed by atoms with Crippen LogP contribution >= 0.6 is 11.3 Å². The van der Waals surface area contributed by atoms with Gasteiger partial charge >= 0.3 is 11.8 Å². The van der Waals surface area contributed by atoms with Crippen molar-refractivity contribution in [2.24, 2.45) is 0 Å². The molecule has 8 heteroatoms. The molecular formula is C18H17N3O4S. The summed E-state index contributed by atoms with van der Waals surface area (Å²) in [7, 11) is 0. The van der Waals surface area contributed by atoms with E-state index in [0.29, 0.717) is 5.76 Å². The van der Waals surface area contributed by atoms with Crippen LogP contribution in [0.5, 0.6) is 0 Å². The summed E-state index contributed by atoms with van der Waals surface area (Å²) in [6, 6.07) is 14.4. The molecular weight excluding hydrogens is 354 g/mol. The number of hydrogen-bond donors (Lipinski definition) is 3. The van der Waals surface area contributed by atoms with Gasteiger partial charge in [0.25, 0.3) is 0 Å². The lowest BCUT2D eigenvalue weighted by Gasteiger charge is -2.08. The van der Waals surface area contributed by atoms with Crippen LogP contribution in [0.4, 0.5) is 5.82 Å². The zero-order chi connectivity index (χ0) is 18.5. The number of aliphatic hydroxyl groups excluding tert-OH is 1. The molecule has 3 N–H and O–H groups in total.